The normalized spacial score (nSPS) is 8.24. The molecule has 0 saturated heterocycles. The topological polar surface area (TPSA) is 112 Å². The van der Waals surface area contributed by atoms with Crippen LogP contribution in [0, 0.1) is 0 Å². The molecule has 0 atom stereocenters. The lowest BCUT2D eigenvalue weighted by Gasteiger charge is -1.82. The zero-order chi connectivity index (χ0) is 13.7. The number of carboxylic acid groups (broad SMARTS) is 2. The van der Waals surface area contributed by atoms with Crippen molar-refractivity contribution in [2.75, 3.05) is 0 Å². The van der Waals surface area contributed by atoms with Crippen LogP contribution in [0.5, 0.6) is 5.75 Å². The second kappa shape index (κ2) is 11.4. The van der Waals surface area contributed by atoms with Crippen LogP contribution in [0.1, 0.15) is 0 Å². The lowest BCUT2D eigenvalue weighted by Crippen LogP contribution is -1.91. The fourth-order valence-electron chi connectivity index (χ4n) is 0.571. The molecular formula is C11H12O6. The van der Waals surface area contributed by atoms with E-state index in [9.17, 15) is 9.59 Å². The molecule has 92 valence electrons. The van der Waals surface area contributed by atoms with Crippen molar-refractivity contribution in [3.05, 3.63) is 42.5 Å². The van der Waals surface area contributed by atoms with Crippen molar-refractivity contribution in [2.24, 2.45) is 0 Å². The van der Waals surface area contributed by atoms with Crippen molar-refractivity contribution in [2.45, 2.75) is 0 Å². The maximum atomic E-state index is 9.55. The van der Waals surface area contributed by atoms with Gasteiger partial charge in [-0.25, -0.2) is 9.59 Å². The van der Waals surface area contributed by atoms with E-state index >= 15 is 0 Å². The molecule has 17 heavy (non-hydrogen) atoms. The maximum Gasteiger partial charge on any atom is 0.328 e. The third kappa shape index (κ3) is 16.1. The Balaban J connectivity index is 0. The van der Waals surface area contributed by atoms with E-state index in [1.165, 1.54) is 0 Å². The van der Waals surface area contributed by atoms with Gasteiger partial charge >= 0.3 is 11.9 Å². The summed E-state index contributed by atoms with van der Waals surface area (Å²) in [6.07, 6.45) is 1.12. The predicted octanol–water partition coefficient (Wildman–Crippen LogP) is 0.919. The smallest absolute Gasteiger partial charge is 0.328 e. The molecule has 0 aliphatic carbocycles. The quantitative estimate of drug-likeness (QED) is 0.662. The van der Waals surface area contributed by atoms with Crippen LogP contribution >= 0.6 is 0 Å². The molecule has 0 aliphatic rings. The number of carbonyl (C=O) groups excluding carboxylic acids is 1. The van der Waals surface area contributed by atoms with Crippen molar-refractivity contribution >= 4 is 18.7 Å². The minimum absolute atomic E-state index is 0.322. The summed E-state index contributed by atoms with van der Waals surface area (Å²) >= 11 is 0. The largest absolute Gasteiger partial charge is 0.508 e. The lowest BCUT2D eigenvalue weighted by atomic mass is 10.3. The zero-order valence-electron chi connectivity index (χ0n) is 8.81. The van der Waals surface area contributed by atoms with Gasteiger partial charge in [0.2, 0.25) is 0 Å². The summed E-state index contributed by atoms with van der Waals surface area (Å²) in [6, 6.07) is 8.71. The van der Waals surface area contributed by atoms with Gasteiger partial charge < -0.3 is 20.1 Å². The molecule has 0 saturated carbocycles. The highest BCUT2D eigenvalue weighted by molar-refractivity contribution is 5.89. The van der Waals surface area contributed by atoms with Gasteiger partial charge in [-0.2, -0.15) is 0 Å². The minimum atomic E-state index is -1.26. The van der Waals surface area contributed by atoms with Crippen LogP contribution < -0.4 is 0 Å². The number of carboxylic acids is 2. The van der Waals surface area contributed by atoms with Gasteiger partial charge in [0, 0.05) is 12.2 Å². The molecule has 0 radical (unpaired) electrons. The number of aromatic hydroxyl groups is 1. The first kappa shape index (κ1) is 16.8. The molecule has 0 aliphatic heterocycles. The minimum Gasteiger partial charge on any atom is -0.508 e. The first-order valence-corrected chi connectivity index (χ1v) is 4.19. The Labute approximate surface area is 97.4 Å². The SMILES string of the molecule is C=O.O=C(O)/C=C\C(=O)O.Oc1ccccc1. The van der Waals surface area contributed by atoms with Gasteiger partial charge in [-0.3, -0.25) is 0 Å². The third-order valence-electron chi connectivity index (χ3n) is 1.12. The molecule has 3 N–H and O–H groups in total. The highest BCUT2D eigenvalue weighted by Gasteiger charge is 1.88. The molecule has 1 aromatic carbocycles. The molecule has 6 heteroatoms. The number of phenols is 1. The highest BCUT2D eigenvalue weighted by atomic mass is 16.4. The summed E-state index contributed by atoms with van der Waals surface area (Å²) in [5.74, 6) is -2.19. The summed E-state index contributed by atoms with van der Waals surface area (Å²) in [5, 5.41) is 24.3. The van der Waals surface area contributed by atoms with Gasteiger partial charge in [0.25, 0.3) is 0 Å². The van der Waals surface area contributed by atoms with Gasteiger partial charge in [0.15, 0.2) is 0 Å². The number of phenolic OH excluding ortho intramolecular Hbond substituents is 1. The maximum absolute atomic E-state index is 9.55. The van der Waals surface area contributed by atoms with Gasteiger partial charge in [-0.05, 0) is 12.1 Å². The van der Waals surface area contributed by atoms with Crippen LogP contribution in [0.4, 0.5) is 0 Å². The molecule has 0 bridgehead atoms. The van der Waals surface area contributed by atoms with Crippen LogP contribution in [-0.2, 0) is 14.4 Å². The average molecular weight is 240 g/mol. The Bertz CT molecular complexity index is 341. The molecular weight excluding hydrogens is 228 g/mol. The summed E-state index contributed by atoms with van der Waals surface area (Å²) in [6.45, 7) is 2.00. The molecule has 6 nitrogen and oxygen atoms in total. The van der Waals surface area contributed by atoms with E-state index in [1.54, 1.807) is 24.3 Å². The van der Waals surface area contributed by atoms with Crippen LogP contribution in [0.15, 0.2) is 42.5 Å². The van der Waals surface area contributed by atoms with Gasteiger partial charge in [-0.1, -0.05) is 18.2 Å². The monoisotopic (exact) mass is 240 g/mol. The van der Waals surface area contributed by atoms with Crippen molar-refractivity contribution in [3.8, 4) is 5.75 Å². The highest BCUT2D eigenvalue weighted by Crippen LogP contribution is 2.02. The molecule has 0 unspecified atom stereocenters. The number of benzene rings is 1. The Morgan fingerprint density at radius 3 is 1.47 bits per heavy atom. The molecule has 0 amide bonds. The third-order valence-corrected chi connectivity index (χ3v) is 1.12. The van der Waals surface area contributed by atoms with E-state index in [4.69, 9.17) is 20.1 Å². The Hall–Kier alpha value is -2.63. The molecule has 0 fully saturated rings. The summed E-state index contributed by atoms with van der Waals surface area (Å²) in [5.41, 5.74) is 0. The molecule has 1 rings (SSSR count). The summed E-state index contributed by atoms with van der Waals surface area (Å²) < 4.78 is 0. The van der Waals surface area contributed by atoms with Crippen molar-refractivity contribution < 1.29 is 29.7 Å². The first-order valence-electron chi connectivity index (χ1n) is 4.19. The molecule has 0 heterocycles. The molecule has 1 aromatic rings. The summed E-state index contributed by atoms with van der Waals surface area (Å²) in [4.78, 5) is 27.1. The second-order valence-corrected chi connectivity index (χ2v) is 2.35. The number of para-hydroxylation sites is 1. The zero-order valence-corrected chi connectivity index (χ0v) is 8.81. The predicted molar refractivity (Wildman–Crippen MR) is 59.6 cm³/mol. The van der Waals surface area contributed by atoms with Gasteiger partial charge in [-0.15, -0.1) is 0 Å². The van der Waals surface area contributed by atoms with E-state index < -0.39 is 11.9 Å². The fraction of sp³-hybridized carbons (Fsp3) is 0. The van der Waals surface area contributed by atoms with Gasteiger partial charge in [0.1, 0.15) is 12.5 Å². The van der Waals surface area contributed by atoms with Crippen LogP contribution in [0.25, 0.3) is 0 Å². The average Bonchev–Trinajstić information content (AvgIpc) is 2.31. The van der Waals surface area contributed by atoms with E-state index in [2.05, 4.69) is 0 Å². The van der Waals surface area contributed by atoms with Crippen molar-refractivity contribution in [1.82, 2.24) is 0 Å². The standard InChI is InChI=1S/C6H6O.C4H4O4.CH2O/c7-6-4-2-1-3-5-6;5-3(6)1-2-4(7)8;1-2/h1-5,7H;1-2H,(H,5,6)(H,7,8);1H2/b;2-1-;. The number of hydrogen-bond donors (Lipinski definition) is 3. The number of rotatable bonds is 2. The Morgan fingerprint density at radius 2 is 1.29 bits per heavy atom. The van der Waals surface area contributed by atoms with Gasteiger partial charge in [0.05, 0.1) is 0 Å². The van der Waals surface area contributed by atoms with Crippen molar-refractivity contribution in [1.29, 1.82) is 0 Å². The van der Waals surface area contributed by atoms with E-state index in [-0.39, 0.29) is 0 Å². The number of hydrogen-bond acceptors (Lipinski definition) is 4. The first-order chi connectivity index (χ1) is 8.02. The van der Waals surface area contributed by atoms with Crippen LogP contribution in [0.2, 0.25) is 0 Å². The van der Waals surface area contributed by atoms with Crippen LogP contribution in [0.3, 0.4) is 0 Å². The van der Waals surface area contributed by atoms with E-state index in [0.29, 0.717) is 17.9 Å². The number of aliphatic carboxylic acids is 2. The second-order valence-electron chi connectivity index (χ2n) is 2.35. The number of carbonyl (C=O) groups is 3. The van der Waals surface area contributed by atoms with E-state index in [0.717, 1.165) is 0 Å². The molecule has 0 spiro atoms. The van der Waals surface area contributed by atoms with Crippen molar-refractivity contribution in [3.63, 3.8) is 0 Å². The molecule has 0 aromatic heterocycles. The van der Waals surface area contributed by atoms with Crippen LogP contribution in [-0.4, -0.2) is 34.0 Å². The Kier molecular flexibility index (Phi) is 11.3. The fourth-order valence-corrected chi connectivity index (χ4v) is 0.571. The summed E-state index contributed by atoms with van der Waals surface area (Å²) in [7, 11) is 0. The lowest BCUT2D eigenvalue weighted by molar-refractivity contribution is -0.134. The van der Waals surface area contributed by atoms with E-state index in [1.807, 2.05) is 12.9 Å². The Morgan fingerprint density at radius 1 is 0.941 bits per heavy atom.